The lowest BCUT2D eigenvalue weighted by molar-refractivity contribution is -0.185. The lowest BCUT2D eigenvalue weighted by atomic mass is 9.74. The third kappa shape index (κ3) is 3.16. The van der Waals surface area contributed by atoms with Gasteiger partial charge in [0, 0.05) is 25.7 Å². The van der Waals surface area contributed by atoms with Crippen LogP contribution in [-0.2, 0) is 19.1 Å². The van der Waals surface area contributed by atoms with E-state index in [-0.39, 0.29) is 18.0 Å². The summed E-state index contributed by atoms with van der Waals surface area (Å²) in [5.74, 6) is 2.19. The summed E-state index contributed by atoms with van der Waals surface area (Å²) in [5, 5.41) is 8.15. The van der Waals surface area contributed by atoms with E-state index in [1.165, 1.54) is 7.11 Å². The van der Waals surface area contributed by atoms with Crippen molar-refractivity contribution in [1.82, 2.24) is 4.90 Å². The van der Waals surface area contributed by atoms with Crippen LogP contribution in [-0.4, -0.2) is 54.3 Å². The molecule has 1 spiro atoms. The molecule has 0 aromatic rings. The zero-order valence-electron chi connectivity index (χ0n) is 14.0. The van der Waals surface area contributed by atoms with Gasteiger partial charge in [-0.2, -0.15) is 10.2 Å². The minimum absolute atomic E-state index is 0.0317. The third-order valence-corrected chi connectivity index (χ3v) is 5.32. The predicted octanol–water partition coefficient (Wildman–Crippen LogP) is 1.67. The molecule has 24 heavy (non-hydrogen) atoms. The van der Waals surface area contributed by atoms with E-state index in [2.05, 4.69) is 16.1 Å². The van der Waals surface area contributed by atoms with Crippen molar-refractivity contribution in [3.63, 3.8) is 0 Å². The Labute approximate surface area is 141 Å². The van der Waals surface area contributed by atoms with Gasteiger partial charge in [0.05, 0.1) is 25.8 Å². The van der Waals surface area contributed by atoms with Crippen LogP contribution in [0.3, 0.4) is 0 Å². The molecular weight excluding hydrogens is 310 g/mol. The summed E-state index contributed by atoms with van der Waals surface area (Å²) in [5.41, 5.74) is -0.700. The van der Waals surface area contributed by atoms with Crippen LogP contribution in [0.15, 0.2) is 10.2 Å². The molecule has 1 unspecified atom stereocenters. The second-order valence-corrected chi connectivity index (χ2v) is 6.79. The van der Waals surface area contributed by atoms with E-state index in [1.54, 1.807) is 0 Å². The van der Waals surface area contributed by atoms with Gasteiger partial charge in [0.15, 0.2) is 11.8 Å². The Morgan fingerprint density at radius 2 is 2.12 bits per heavy atom. The molecule has 3 rings (SSSR count). The minimum atomic E-state index is -0.698. The fraction of sp³-hybridized carbons (Fsp3) is 0.765. The van der Waals surface area contributed by atoms with E-state index in [9.17, 15) is 9.59 Å². The Kier molecular flexibility index (Phi) is 4.59. The molecule has 130 valence electrons. The fourth-order valence-corrected chi connectivity index (χ4v) is 3.50. The maximum Gasteiger partial charge on any atom is 0.336 e. The molecule has 0 aromatic carbocycles. The highest BCUT2D eigenvalue weighted by molar-refractivity contribution is 5.80. The highest BCUT2D eigenvalue weighted by atomic mass is 16.6. The number of morpholine rings is 1. The van der Waals surface area contributed by atoms with Gasteiger partial charge in [0.25, 0.3) is 0 Å². The van der Waals surface area contributed by atoms with Gasteiger partial charge in [-0.3, -0.25) is 4.79 Å². The molecule has 2 aliphatic heterocycles. The number of rotatable bonds is 6. The largest absolute Gasteiger partial charge is 0.467 e. The summed E-state index contributed by atoms with van der Waals surface area (Å²) < 4.78 is 10.4. The summed E-state index contributed by atoms with van der Waals surface area (Å²) in [6, 6.07) is 0. The molecular formula is C17H23N3O4. The van der Waals surface area contributed by atoms with E-state index in [1.807, 2.05) is 4.90 Å². The van der Waals surface area contributed by atoms with Gasteiger partial charge in [0.2, 0.25) is 5.91 Å². The Bertz CT molecular complexity index is 585. The zero-order chi connectivity index (χ0) is 17.2. The van der Waals surface area contributed by atoms with Gasteiger partial charge >= 0.3 is 5.97 Å². The van der Waals surface area contributed by atoms with Crippen LogP contribution >= 0.6 is 0 Å². The highest BCUT2D eigenvalue weighted by Gasteiger charge is 2.51. The molecule has 7 nitrogen and oxygen atoms in total. The first-order valence-corrected chi connectivity index (χ1v) is 8.42. The number of nitrogens with zero attached hydrogens (tertiary/aromatic N) is 3. The first kappa shape index (κ1) is 16.9. The fourth-order valence-electron chi connectivity index (χ4n) is 3.50. The van der Waals surface area contributed by atoms with Gasteiger partial charge in [0.1, 0.15) is 0 Å². The Morgan fingerprint density at radius 3 is 2.67 bits per heavy atom. The van der Waals surface area contributed by atoms with Gasteiger partial charge in [-0.15, -0.1) is 12.3 Å². The summed E-state index contributed by atoms with van der Waals surface area (Å²) in [4.78, 5) is 26.4. The van der Waals surface area contributed by atoms with E-state index in [0.29, 0.717) is 32.3 Å². The topological polar surface area (TPSA) is 80.6 Å². The quantitative estimate of drug-likeness (QED) is 0.547. The van der Waals surface area contributed by atoms with E-state index in [4.69, 9.17) is 15.9 Å². The van der Waals surface area contributed by atoms with Gasteiger partial charge in [-0.05, 0) is 19.3 Å². The SMILES string of the molecule is C#CCCC1(CCC(=O)N2CC(C(=O)OC)OCC23CCC3)N=N1. The van der Waals surface area contributed by atoms with E-state index >= 15 is 0 Å². The van der Waals surface area contributed by atoms with Crippen molar-refractivity contribution in [3.05, 3.63) is 0 Å². The molecule has 2 fully saturated rings. The molecule has 0 bridgehead atoms. The number of carbonyl (C=O) groups excluding carboxylic acids is 2. The summed E-state index contributed by atoms with van der Waals surface area (Å²) in [7, 11) is 1.33. The van der Waals surface area contributed by atoms with Crippen LogP contribution in [0.4, 0.5) is 0 Å². The van der Waals surface area contributed by atoms with Crippen LogP contribution in [0.1, 0.15) is 44.9 Å². The standard InChI is InChI=1S/C17H23N3O4/c1-3-4-9-17(18-19-17)10-6-14(21)20-11-13(15(22)23-2)24-12-16(20)7-5-8-16/h1,13H,4-12H2,2H3. The summed E-state index contributed by atoms with van der Waals surface area (Å²) in [6.45, 7) is 0.659. The predicted molar refractivity (Wildman–Crippen MR) is 84.9 cm³/mol. The molecule has 1 amide bonds. The molecule has 1 aliphatic carbocycles. The van der Waals surface area contributed by atoms with Crippen molar-refractivity contribution in [1.29, 1.82) is 0 Å². The van der Waals surface area contributed by atoms with Gasteiger partial charge in [-0.25, -0.2) is 4.79 Å². The molecule has 7 heteroatoms. The molecule has 1 saturated heterocycles. The molecule has 0 radical (unpaired) electrons. The average Bonchev–Trinajstić information content (AvgIpc) is 3.35. The second-order valence-electron chi connectivity index (χ2n) is 6.79. The number of methoxy groups -OCH3 is 1. The van der Waals surface area contributed by atoms with Crippen LogP contribution in [0.25, 0.3) is 0 Å². The minimum Gasteiger partial charge on any atom is -0.467 e. The molecule has 0 aromatic heterocycles. The number of esters is 1. The number of carbonyl (C=O) groups is 2. The first-order valence-electron chi connectivity index (χ1n) is 8.42. The molecule has 1 atom stereocenters. The van der Waals surface area contributed by atoms with Crippen molar-refractivity contribution in [2.75, 3.05) is 20.3 Å². The highest BCUT2D eigenvalue weighted by Crippen LogP contribution is 2.42. The maximum atomic E-state index is 12.8. The van der Waals surface area contributed by atoms with Crippen molar-refractivity contribution in [2.45, 2.75) is 62.3 Å². The van der Waals surface area contributed by atoms with Crippen molar-refractivity contribution in [3.8, 4) is 12.3 Å². The summed E-state index contributed by atoms with van der Waals surface area (Å²) >= 11 is 0. The number of ether oxygens (including phenoxy) is 2. The van der Waals surface area contributed by atoms with Crippen LogP contribution in [0.2, 0.25) is 0 Å². The second kappa shape index (κ2) is 6.52. The first-order chi connectivity index (χ1) is 11.5. The Hall–Kier alpha value is -1.94. The number of terminal acetylenes is 1. The molecule has 1 saturated carbocycles. The number of hydrogen-bond acceptors (Lipinski definition) is 6. The van der Waals surface area contributed by atoms with E-state index in [0.717, 1.165) is 19.3 Å². The number of hydrogen-bond donors (Lipinski definition) is 0. The average molecular weight is 333 g/mol. The van der Waals surface area contributed by atoms with E-state index < -0.39 is 17.7 Å². The molecule has 2 heterocycles. The van der Waals surface area contributed by atoms with Crippen molar-refractivity contribution < 1.29 is 19.1 Å². The third-order valence-electron chi connectivity index (χ3n) is 5.32. The lowest BCUT2D eigenvalue weighted by Crippen LogP contribution is -2.65. The maximum absolute atomic E-state index is 12.8. The Morgan fingerprint density at radius 1 is 1.38 bits per heavy atom. The zero-order valence-corrected chi connectivity index (χ0v) is 14.0. The lowest BCUT2D eigenvalue weighted by Gasteiger charge is -2.54. The Balaban J connectivity index is 1.60. The van der Waals surface area contributed by atoms with Crippen LogP contribution in [0.5, 0.6) is 0 Å². The van der Waals surface area contributed by atoms with Crippen molar-refractivity contribution in [2.24, 2.45) is 10.2 Å². The van der Waals surface area contributed by atoms with Crippen LogP contribution in [0, 0.1) is 12.3 Å². The summed E-state index contributed by atoms with van der Waals surface area (Å²) in [6.07, 6.45) is 9.73. The van der Waals surface area contributed by atoms with Crippen LogP contribution < -0.4 is 0 Å². The monoisotopic (exact) mass is 333 g/mol. The molecule has 3 aliphatic rings. The van der Waals surface area contributed by atoms with Gasteiger partial charge < -0.3 is 14.4 Å². The molecule has 0 N–H and O–H groups in total. The van der Waals surface area contributed by atoms with Gasteiger partial charge in [-0.1, -0.05) is 0 Å². The normalized spacial score (nSPS) is 25.7. The van der Waals surface area contributed by atoms with Crippen molar-refractivity contribution >= 4 is 11.9 Å². The number of amides is 1. The smallest absolute Gasteiger partial charge is 0.336 e.